The van der Waals surface area contributed by atoms with Gasteiger partial charge in [-0.2, -0.15) is 0 Å². The fraction of sp³-hybridized carbons (Fsp3) is 0.278. The van der Waals surface area contributed by atoms with Crippen LogP contribution in [0.15, 0.2) is 54.6 Å². The van der Waals surface area contributed by atoms with Gasteiger partial charge in [0.05, 0.1) is 11.4 Å². The Labute approximate surface area is 135 Å². The predicted octanol–water partition coefficient (Wildman–Crippen LogP) is 2.85. The molecular formula is C18H20N4O. The first-order valence-electron chi connectivity index (χ1n) is 8.06. The van der Waals surface area contributed by atoms with Gasteiger partial charge in [0.1, 0.15) is 6.17 Å². The molecule has 0 aromatic heterocycles. The van der Waals surface area contributed by atoms with Crippen LogP contribution >= 0.6 is 0 Å². The van der Waals surface area contributed by atoms with Gasteiger partial charge in [0, 0.05) is 13.0 Å². The van der Waals surface area contributed by atoms with Gasteiger partial charge in [0.2, 0.25) is 5.91 Å². The number of hydrogen-bond donors (Lipinski definition) is 2. The van der Waals surface area contributed by atoms with Crippen molar-refractivity contribution in [2.75, 3.05) is 17.4 Å². The SMILES string of the molecule is O=C1CCC(N2Nc3ccccc3N2)N1CCc1ccccc1. The van der Waals surface area contributed by atoms with Gasteiger partial charge >= 0.3 is 0 Å². The number of benzene rings is 2. The monoisotopic (exact) mass is 308 g/mol. The average molecular weight is 308 g/mol. The lowest BCUT2D eigenvalue weighted by Gasteiger charge is -2.32. The van der Waals surface area contributed by atoms with Crippen molar-refractivity contribution in [3.63, 3.8) is 0 Å². The van der Waals surface area contributed by atoms with Crippen LogP contribution in [0.3, 0.4) is 0 Å². The lowest BCUT2D eigenvalue weighted by Crippen LogP contribution is -2.49. The molecule has 0 aliphatic carbocycles. The van der Waals surface area contributed by atoms with E-state index >= 15 is 0 Å². The molecule has 5 heteroatoms. The Hall–Kier alpha value is -2.53. The molecule has 2 aromatic carbocycles. The van der Waals surface area contributed by atoms with Crippen LogP contribution < -0.4 is 10.9 Å². The molecule has 2 heterocycles. The molecule has 23 heavy (non-hydrogen) atoms. The number of likely N-dealkylation sites (tertiary alicyclic amines) is 1. The number of rotatable bonds is 4. The summed E-state index contributed by atoms with van der Waals surface area (Å²) in [7, 11) is 0. The Bertz CT molecular complexity index is 678. The van der Waals surface area contributed by atoms with Crippen molar-refractivity contribution >= 4 is 17.3 Å². The van der Waals surface area contributed by atoms with Gasteiger partial charge in [-0.15, -0.1) is 5.12 Å². The number of para-hydroxylation sites is 2. The van der Waals surface area contributed by atoms with Gasteiger partial charge in [-0.05, 0) is 30.5 Å². The van der Waals surface area contributed by atoms with Gasteiger partial charge in [-0.3, -0.25) is 15.6 Å². The maximum absolute atomic E-state index is 12.3. The summed E-state index contributed by atoms with van der Waals surface area (Å²) in [5, 5.41) is 1.96. The molecule has 1 fully saturated rings. The van der Waals surface area contributed by atoms with Crippen LogP contribution in [0.25, 0.3) is 0 Å². The Kier molecular flexibility index (Phi) is 3.63. The zero-order valence-electron chi connectivity index (χ0n) is 12.9. The topological polar surface area (TPSA) is 47.6 Å². The quantitative estimate of drug-likeness (QED) is 0.912. The minimum absolute atomic E-state index is 0.0404. The first kappa shape index (κ1) is 14.1. The summed E-state index contributed by atoms with van der Waals surface area (Å²) in [6, 6.07) is 18.4. The van der Waals surface area contributed by atoms with Crippen molar-refractivity contribution in [3.05, 3.63) is 60.2 Å². The Morgan fingerprint density at radius 1 is 0.957 bits per heavy atom. The van der Waals surface area contributed by atoms with Crippen LogP contribution in [0.1, 0.15) is 18.4 Å². The van der Waals surface area contributed by atoms with Crippen LogP contribution in [0.2, 0.25) is 0 Å². The Morgan fingerprint density at radius 2 is 1.61 bits per heavy atom. The zero-order chi connectivity index (χ0) is 15.6. The number of hydrazine groups is 2. The summed E-state index contributed by atoms with van der Waals surface area (Å²) < 4.78 is 0. The van der Waals surface area contributed by atoms with Crippen LogP contribution in [-0.4, -0.2) is 28.6 Å². The molecule has 1 unspecified atom stereocenters. The normalized spacial score (nSPS) is 20.3. The molecule has 2 N–H and O–H groups in total. The van der Waals surface area contributed by atoms with Crippen LogP contribution in [0, 0.1) is 0 Å². The molecule has 0 saturated carbocycles. The first-order chi connectivity index (χ1) is 11.3. The molecule has 2 aromatic rings. The number of carbonyl (C=O) groups excluding carboxylic acids is 1. The smallest absolute Gasteiger partial charge is 0.224 e. The number of amides is 1. The Balaban J connectivity index is 1.45. The largest absolute Gasteiger partial charge is 0.323 e. The van der Waals surface area contributed by atoms with E-state index in [4.69, 9.17) is 0 Å². The van der Waals surface area contributed by atoms with Crippen molar-refractivity contribution in [1.82, 2.24) is 10.0 Å². The van der Waals surface area contributed by atoms with E-state index in [0.717, 1.165) is 30.8 Å². The van der Waals surface area contributed by atoms with Gasteiger partial charge < -0.3 is 4.90 Å². The minimum atomic E-state index is 0.0404. The molecule has 0 radical (unpaired) electrons. The predicted molar refractivity (Wildman–Crippen MR) is 90.4 cm³/mol. The van der Waals surface area contributed by atoms with Crippen molar-refractivity contribution in [1.29, 1.82) is 0 Å². The number of fused-ring (bicyclic) bond motifs is 1. The summed E-state index contributed by atoms with van der Waals surface area (Å²) in [5.74, 6) is 0.227. The molecule has 5 nitrogen and oxygen atoms in total. The second-order valence-corrected chi connectivity index (χ2v) is 5.98. The lowest BCUT2D eigenvalue weighted by atomic mass is 10.1. The van der Waals surface area contributed by atoms with E-state index in [-0.39, 0.29) is 12.1 Å². The highest BCUT2D eigenvalue weighted by atomic mass is 16.2. The van der Waals surface area contributed by atoms with Gasteiger partial charge in [-0.1, -0.05) is 42.5 Å². The third-order valence-corrected chi connectivity index (χ3v) is 4.49. The van der Waals surface area contributed by atoms with E-state index in [1.54, 1.807) is 0 Å². The van der Waals surface area contributed by atoms with E-state index in [0.29, 0.717) is 6.42 Å². The van der Waals surface area contributed by atoms with Crippen molar-refractivity contribution in [2.24, 2.45) is 0 Å². The highest BCUT2D eigenvalue weighted by molar-refractivity contribution is 5.79. The van der Waals surface area contributed by atoms with Crippen LogP contribution in [0.5, 0.6) is 0 Å². The van der Waals surface area contributed by atoms with Crippen LogP contribution in [0.4, 0.5) is 11.4 Å². The Morgan fingerprint density at radius 3 is 2.30 bits per heavy atom. The van der Waals surface area contributed by atoms with E-state index in [1.165, 1.54) is 5.56 Å². The fourth-order valence-electron chi connectivity index (χ4n) is 3.27. The molecule has 4 rings (SSSR count). The summed E-state index contributed by atoms with van der Waals surface area (Å²) in [6.07, 6.45) is 2.36. The van der Waals surface area contributed by atoms with Gasteiger partial charge in [0.15, 0.2) is 0 Å². The maximum atomic E-state index is 12.3. The van der Waals surface area contributed by atoms with E-state index in [1.807, 2.05) is 52.5 Å². The zero-order valence-corrected chi connectivity index (χ0v) is 12.9. The molecule has 0 spiro atoms. The summed E-state index contributed by atoms with van der Waals surface area (Å²) >= 11 is 0. The molecule has 0 bridgehead atoms. The van der Waals surface area contributed by atoms with E-state index in [2.05, 4.69) is 23.0 Å². The third-order valence-electron chi connectivity index (χ3n) is 4.49. The van der Waals surface area contributed by atoms with Crippen molar-refractivity contribution < 1.29 is 4.79 Å². The van der Waals surface area contributed by atoms with E-state index in [9.17, 15) is 4.79 Å². The molecule has 1 atom stereocenters. The van der Waals surface area contributed by atoms with Crippen molar-refractivity contribution in [2.45, 2.75) is 25.4 Å². The molecule has 118 valence electrons. The number of nitrogens with one attached hydrogen (secondary N) is 2. The highest BCUT2D eigenvalue weighted by Gasteiger charge is 2.37. The second-order valence-electron chi connectivity index (χ2n) is 5.98. The maximum Gasteiger partial charge on any atom is 0.224 e. The average Bonchev–Trinajstić information content (AvgIpc) is 3.17. The number of nitrogens with zero attached hydrogens (tertiary/aromatic N) is 2. The second kappa shape index (κ2) is 5.93. The van der Waals surface area contributed by atoms with Crippen molar-refractivity contribution in [3.8, 4) is 0 Å². The summed E-state index contributed by atoms with van der Waals surface area (Å²) in [4.78, 5) is 14.3. The highest BCUT2D eigenvalue weighted by Crippen LogP contribution is 2.32. The van der Waals surface area contributed by atoms with E-state index < -0.39 is 0 Å². The molecule has 2 aliphatic rings. The number of hydrogen-bond acceptors (Lipinski definition) is 4. The summed E-state index contributed by atoms with van der Waals surface area (Å²) in [6.45, 7) is 0.740. The molecule has 1 amide bonds. The molecule has 2 aliphatic heterocycles. The molecular weight excluding hydrogens is 288 g/mol. The minimum Gasteiger partial charge on any atom is -0.323 e. The third kappa shape index (κ3) is 2.75. The fourth-order valence-corrected chi connectivity index (χ4v) is 3.27. The van der Waals surface area contributed by atoms with Gasteiger partial charge in [0.25, 0.3) is 0 Å². The number of anilines is 2. The first-order valence-corrected chi connectivity index (χ1v) is 8.06. The molecule has 1 saturated heterocycles. The van der Waals surface area contributed by atoms with Gasteiger partial charge in [-0.25, -0.2) is 0 Å². The lowest BCUT2D eigenvalue weighted by molar-refractivity contribution is -0.130. The van der Waals surface area contributed by atoms with Crippen LogP contribution in [-0.2, 0) is 11.2 Å². The number of carbonyl (C=O) groups is 1. The summed E-state index contributed by atoms with van der Waals surface area (Å²) in [5.41, 5.74) is 10.1. The standard InChI is InChI=1S/C18H20N4O/c23-18-11-10-17(21(18)13-12-14-6-2-1-3-7-14)22-19-15-8-4-5-9-16(15)20-22/h1-9,17,19-20H,10-13H2.